The molecule has 1 aliphatic rings. The zero-order valence-electron chi connectivity index (χ0n) is 16.2. The van der Waals surface area contributed by atoms with Crippen molar-refractivity contribution in [1.29, 1.82) is 0 Å². The fourth-order valence-electron chi connectivity index (χ4n) is 3.87. The smallest absolute Gasteiger partial charge is 0.164 e. The third-order valence-corrected chi connectivity index (χ3v) is 6.52. The molecule has 0 atom stereocenters. The fourth-order valence-corrected chi connectivity index (χ4v) is 5.13. The van der Waals surface area contributed by atoms with Crippen LogP contribution in [-0.4, -0.2) is 36.3 Å². The SMILES string of the molecule is c1cncc(-c2nc(NCCCCn3cnnc3)c3c4c(sc3n2)CCCC4)c1. The van der Waals surface area contributed by atoms with Crippen molar-refractivity contribution in [1.82, 2.24) is 29.7 Å². The van der Waals surface area contributed by atoms with Gasteiger partial charge in [-0.1, -0.05) is 0 Å². The quantitative estimate of drug-likeness (QED) is 0.466. The molecule has 0 bridgehead atoms. The number of unbranched alkanes of at least 4 members (excludes halogenated alkanes) is 1. The zero-order chi connectivity index (χ0) is 19.5. The lowest BCUT2D eigenvalue weighted by atomic mass is 9.97. The first kappa shape index (κ1) is 18.2. The van der Waals surface area contributed by atoms with Gasteiger partial charge in [0.1, 0.15) is 23.3 Å². The Kier molecular flexibility index (Phi) is 5.17. The molecule has 29 heavy (non-hydrogen) atoms. The molecular formula is C21H23N7S. The molecule has 5 rings (SSSR count). The van der Waals surface area contributed by atoms with Crippen LogP contribution in [0.5, 0.6) is 0 Å². The zero-order valence-corrected chi connectivity index (χ0v) is 17.0. The first-order valence-electron chi connectivity index (χ1n) is 10.2. The number of hydrogen-bond donors (Lipinski definition) is 1. The summed E-state index contributed by atoms with van der Waals surface area (Å²) in [6.45, 7) is 1.81. The Morgan fingerprint density at radius 3 is 2.83 bits per heavy atom. The third kappa shape index (κ3) is 3.85. The lowest BCUT2D eigenvalue weighted by Gasteiger charge is -2.13. The summed E-state index contributed by atoms with van der Waals surface area (Å²) in [5.74, 6) is 1.72. The minimum Gasteiger partial charge on any atom is -0.369 e. The highest BCUT2D eigenvalue weighted by Gasteiger charge is 2.21. The Labute approximate surface area is 173 Å². The second kappa shape index (κ2) is 8.24. The second-order valence-corrected chi connectivity index (χ2v) is 8.45. The molecule has 8 heteroatoms. The average molecular weight is 406 g/mol. The van der Waals surface area contributed by atoms with E-state index in [0.717, 1.165) is 60.8 Å². The highest BCUT2D eigenvalue weighted by molar-refractivity contribution is 7.19. The number of pyridine rings is 1. The van der Waals surface area contributed by atoms with Crippen molar-refractivity contribution in [2.75, 3.05) is 11.9 Å². The molecule has 4 aromatic rings. The van der Waals surface area contributed by atoms with Gasteiger partial charge in [0.05, 0.1) is 5.39 Å². The van der Waals surface area contributed by atoms with E-state index in [4.69, 9.17) is 9.97 Å². The van der Waals surface area contributed by atoms with Crippen LogP contribution in [0.3, 0.4) is 0 Å². The van der Waals surface area contributed by atoms with Crippen molar-refractivity contribution in [3.8, 4) is 11.4 Å². The number of fused-ring (bicyclic) bond motifs is 3. The Hall–Kier alpha value is -2.87. The number of anilines is 1. The molecule has 4 heterocycles. The summed E-state index contributed by atoms with van der Waals surface area (Å²) in [6.07, 6.45) is 14.1. The van der Waals surface area contributed by atoms with E-state index in [1.807, 2.05) is 34.2 Å². The number of aryl methyl sites for hydroxylation is 3. The topological polar surface area (TPSA) is 81.4 Å². The van der Waals surface area contributed by atoms with Gasteiger partial charge >= 0.3 is 0 Å². The normalized spacial score (nSPS) is 13.5. The van der Waals surface area contributed by atoms with Gasteiger partial charge in [-0.15, -0.1) is 21.5 Å². The average Bonchev–Trinajstić information content (AvgIpc) is 3.41. The van der Waals surface area contributed by atoms with Crippen molar-refractivity contribution in [3.63, 3.8) is 0 Å². The maximum Gasteiger partial charge on any atom is 0.164 e. The lowest BCUT2D eigenvalue weighted by molar-refractivity contribution is 0.619. The molecule has 7 nitrogen and oxygen atoms in total. The summed E-state index contributed by atoms with van der Waals surface area (Å²) in [6, 6.07) is 3.95. The maximum atomic E-state index is 4.92. The van der Waals surface area contributed by atoms with Crippen LogP contribution in [-0.2, 0) is 19.4 Å². The number of nitrogens with one attached hydrogen (secondary N) is 1. The van der Waals surface area contributed by atoms with Crippen LogP contribution in [0.1, 0.15) is 36.1 Å². The van der Waals surface area contributed by atoms with Crippen molar-refractivity contribution < 1.29 is 0 Å². The minimum absolute atomic E-state index is 0.746. The summed E-state index contributed by atoms with van der Waals surface area (Å²) < 4.78 is 2.01. The van der Waals surface area contributed by atoms with Crippen LogP contribution in [0.2, 0.25) is 0 Å². The van der Waals surface area contributed by atoms with Crippen molar-refractivity contribution in [3.05, 3.63) is 47.6 Å². The van der Waals surface area contributed by atoms with Gasteiger partial charge in [-0.2, -0.15) is 0 Å². The molecule has 4 aromatic heterocycles. The molecule has 0 radical (unpaired) electrons. The Morgan fingerprint density at radius 1 is 1.07 bits per heavy atom. The van der Waals surface area contributed by atoms with Crippen molar-refractivity contribution in [2.24, 2.45) is 0 Å². The van der Waals surface area contributed by atoms with E-state index in [9.17, 15) is 0 Å². The van der Waals surface area contributed by atoms with Gasteiger partial charge in [-0.3, -0.25) is 4.98 Å². The fraction of sp³-hybridized carbons (Fsp3) is 0.381. The number of rotatable bonds is 7. The van der Waals surface area contributed by atoms with Gasteiger partial charge in [0, 0.05) is 35.9 Å². The Balaban J connectivity index is 1.41. The van der Waals surface area contributed by atoms with E-state index >= 15 is 0 Å². The molecule has 1 N–H and O–H groups in total. The van der Waals surface area contributed by atoms with Gasteiger partial charge in [-0.05, 0) is 56.2 Å². The Morgan fingerprint density at radius 2 is 1.97 bits per heavy atom. The van der Waals surface area contributed by atoms with Crippen LogP contribution in [0.25, 0.3) is 21.6 Å². The molecular weight excluding hydrogens is 382 g/mol. The molecule has 0 spiro atoms. The summed E-state index contributed by atoms with van der Waals surface area (Å²) in [5.41, 5.74) is 2.41. The molecule has 0 aromatic carbocycles. The van der Waals surface area contributed by atoms with Crippen LogP contribution >= 0.6 is 11.3 Å². The predicted molar refractivity (Wildman–Crippen MR) is 115 cm³/mol. The molecule has 0 saturated carbocycles. The van der Waals surface area contributed by atoms with Crippen LogP contribution in [0.4, 0.5) is 5.82 Å². The van der Waals surface area contributed by atoms with E-state index in [1.165, 1.54) is 28.7 Å². The van der Waals surface area contributed by atoms with E-state index in [1.54, 1.807) is 18.9 Å². The second-order valence-electron chi connectivity index (χ2n) is 7.36. The highest BCUT2D eigenvalue weighted by atomic mass is 32.1. The van der Waals surface area contributed by atoms with Gasteiger partial charge in [0.25, 0.3) is 0 Å². The van der Waals surface area contributed by atoms with Gasteiger partial charge in [-0.25, -0.2) is 9.97 Å². The number of nitrogens with zero attached hydrogens (tertiary/aromatic N) is 6. The van der Waals surface area contributed by atoms with Crippen molar-refractivity contribution >= 4 is 27.4 Å². The summed E-state index contributed by atoms with van der Waals surface area (Å²) in [7, 11) is 0. The number of thiophene rings is 1. The van der Waals surface area contributed by atoms with Gasteiger partial charge in [0.15, 0.2) is 5.82 Å². The van der Waals surface area contributed by atoms with Crippen molar-refractivity contribution in [2.45, 2.75) is 45.1 Å². The monoisotopic (exact) mass is 405 g/mol. The van der Waals surface area contributed by atoms with E-state index in [-0.39, 0.29) is 0 Å². The standard InChI is InChI=1S/C21H23N7S/c1-2-8-17-16(7-1)18-20(23-10-3-4-11-28-13-24-25-14-28)26-19(27-21(18)29-17)15-6-5-9-22-12-15/h5-6,9,12-14H,1-4,7-8,10-11H2,(H,23,26,27). The van der Waals surface area contributed by atoms with Crippen LogP contribution < -0.4 is 5.32 Å². The molecule has 0 aliphatic heterocycles. The van der Waals surface area contributed by atoms with E-state index < -0.39 is 0 Å². The van der Waals surface area contributed by atoms with Crippen LogP contribution in [0, 0.1) is 0 Å². The molecule has 0 fully saturated rings. The number of aromatic nitrogens is 6. The molecule has 0 unspecified atom stereocenters. The molecule has 0 saturated heterocycles. The van der Waals surface area contributed by atoms with Gasteiger partial charge in [0.2, 0.25) is 0 Å². The first-order valence-corrected chi connectivity index (χ1v) is 11.0. The third-order valence-electron chi connectivity index (χ3n) is 5.34. The van der Waals surface area contributed by atoms with Crippen LogP contribution in [0.15, 0.2) is 37.2 Å². The highest BCUT2D eigenvalue weighted by Crippen LogP contribution is 2.39. The van der Waals surface area contributed by atoms with E-state index in [2.05, 4.69) is 20.5 Å². The molecule has 148 valence electrons. The minimum atomic E-state index is 0.746. The molecule has 1 aliphatic carbocycles. The Bertz CT molecular complexity index is 1090. The maximum absolute atomic E-state index is 4.92. The number of hydrogen-bond acceptors (Lipinski definition) is 7. The first-order chi connectivity index (χ1) is 14.4. The largest absolute Gasteiger partial charge is 0.369 e. The van der Waals surface area contributed by atoms with E-state index in [0.29, 0.717) is 0 Å². The van der Waals surface area contributed by atoms with Gasteiger partial charge < -0.3 is 9.88 Å². The summed E-state index contributed by atoms with van der Waals surface area (Å²) in [4.78, 5) is 16.6. The summed E-state index contributed by atoms with van der Waals surface area (Å²) in [5, 5.41) is 12.5. The summed E-state index contributed by atoms with van der Waals surface area (Å²) >= 11 is 1.84. The predicted octanol–water partition coefficient (Wildman–Crippen LogP) is 4.12. The lowest BCUT2D eigenvalue weighted by Crippen LogP contribution is -2.08. The molecule has 0 amide bonds.